The summed E-state index contributed by atoms with van der Waals surface area (Å²) in [5.41, 5.74) is 6.13. The van der Waals surface area contributed by atoms with Gasteiger partial charge in [-0.15, -0.1) is 11.8 Å². The van der Waals surface area contributed by atoms with Crippen LogP contribution in [0.1, 0.15) is 6.92 Å². The van der Waals surface area contributed by atoms with Crippen molar-refractivity contribution in [3.8, 4) is 0 Å². The molecule has 0 aliphatic carbocycles. The van der Waals surface area contributed by atoms with Gasteiger partial charge in [0.1, 0.15) is 5.82 Å². The van der Waals surface area contributed by atoms with Crippen molar-refractivity contribution < 1.29 is 9.13 Å². The average Bonchev–Trinajstić information content (AvgIpc) is 2.16. The molecular formula is C10H14FNOS. The molecule has 0 saturated heterocycles. The summed E-state index contributed by atoms with van der Waals surface area (Å²) in [6.07, 6.45) is 0.171. The summed E-state index contributed by atoms with van der Waals surface area (Å²) in [6.45, 7) is 1.98. The molecule has 0 aromatic heterocycles. The lowest BCUT2D eigenvalue weighted by Gasteiger charge is -2.09. The summed E-state index contributed by atoms with van der Waals surface area (Å²) in [7, 11) is 1.67. The normalized spacial score (nSPS) is 12.8. The van der Waals surface area contributed by atoms with Crippen LogP contribution in [0.25, 0.3) is 0 Å². The maximum absolute atomic E-state index is 12.7. The first-order valence-electron chi connectivity index (χ1n) is 4.34. The molecule has 2 N–H and O–H groups in total. The zero-order valence-corrected chi connectivity index (χ0v) is 9.10. The molecular weight excluding hydrogens is 201 g/mol. The van der Waals surface area contributed by atoms with Gasteiger partial charge < -0.3 is 10.5 Å². The number of benzene rings is 1. The number of hydrogen-bond donors (Lipinski definition) is 1. The van der Waals surface area contributed by atoms with E-state index < -0.39 is 0 Å². The van der Waals surface area contributed by atoms with Gasteiger partial charge in [0.25, 0.3) is 0 Å². The van der Waals surface area contributed by atoms with Crippen LogP contribution in [-0.2, 0) is 4.74 Å². The fraction of sp³-hybridized carbons (Fsp3) is 0.400. The lowest BCUT2D eigenvalue weighted by atomic mass is 10.3. The Morgan fingerprint density at radius 3 is 2.86 bits per heavy atom. The standard InChI is InChI=1S/C10H14FNOS/c1-7(13-2)6-14-10-4-3-8(11)5-9(10)12/h3-5,7H,6,12H2,1-2H3. The molecule has 1 aromatic carbocycles. The molecule has 2 nitrogen and oxygen atoms in total. The number of anilines is 1. The maximum atomic E-state index is 12.7. The third-order valence-electron chi connectivity index (χ3n) is 1.85. The summed E-state index contributed by atoms with van der Waals surface area (Å²) in [4.78, 5) is 0.898. The van der Waals surface area contributed by atoms with E-state index in [9.17, 15) is 4.39 Å². The Kier molecular flexibility index (Phi) is 4.22. The largest absolute Gasteiger partial charge is 0.398 e. The fourth-order valence-corrected chi connectivity index (χ4v) is 1.87. The molecule has 1 rings (SSSR count). The van der Waals surface area contributed by atoms with E-state index in [0.29, 0.717) is 5.69 Å². The zero-order chi connectivity index (χ0) is 10.6. The SMILES string of the molecule is COC(C)CSc1ccc(F)cc1N. The molecule has 0 saturated carbocycles. The van der Waals surface area contributed by atoms with Gasteiger partial charge in [-0.2, -0.15) is 0 Å². The van der Waals surface area contributed by atoms with Crippen molar-refractivity contribution in [2.75, 3.05) is 18.6 Å². The van der Waals surface area contributed by atoms with E-state index in [1.165, 1.54) is 12.1 Å². The van der Waals surface area contributed by atoms with Gasteiger partial charge in [-0.05, 0) is 25.1 Å². The number of halogens is 1. The molecule has 0 bridgehead atoms. The van der Waals surface area contributed by atoms with Gasteiger partial charge in [-0.3, -0.25) is 0 Å². The molecule has 0 aliphatic rings. The third-order valence-corrected chi connectivity index (χ3v) is 3.17. The molecule has 0 heterocycles. The van der Waals surface area contributed by atoms with E-state index in [2.05, 4.69) is 0 Å². The van der Waals surface area contributed by atoms with Gasteiger partial charge in [0.2, 0.25) is 0 Å². The summed E-state index contributed by atoms with van der Waals surface area (Å²) < 4.78 is 17.8. The Bertz CT molecular complexity index is 306. The maximum Gasteiger partial charge on any atom is 0.125 e. The quantitative estimate of drug-likeness (QED) is 0.619. The van der Waals surface area contributed by atoms with Crippen molar-refractivity contribution in [2.24, 2.45) is 0 Å². The number of methoxy groups -OCH3 is 1. The van der Waals surface area contributed by atoms with Gasteiger partial charge >= 0.3 is 0 Å². The predicted molar refractivity (Wildman–Crippen MR) is 58.0 cm³/mol. The van der Waals surface area contributed by atoms with Crippen molar-refractivity contribution in [1.82, 2.24) is 0 Å². The second kappa shape index (κ2) is 5.22. The zero-order valence-electron chi connectivity index (χ0n) is 8.29. The van der Waals surface area contributed by atoms with Gasteiger partial charge in [0.15, 0.2) is 0 Å². The minimum Gasteiger partial charge on any atom is -0.398 e. The van der Waals surface area contributed by atoms with Crippen LogP contribution in [0.15, 0.2) is 23.1 Å². The number of rotatable bonds is 4. The lowest BCUT2D eigenvalue weighted by molar-refractivity contribution is 0.138. The number of ether oxygens (including phenoxy) is 1. The van der Waals surface area contributed by atoms with Crippen LogP contribution < -0.4 is 5.73 Å². The molecule has 0 spiro atoms. The number of nitrogens with two attached hydrogens (primary N) is 1. The van der Waals surface area contributed by atoms with E-state index >= 15 is 0 Å². The Morgan fingerprint density at radius 2 is 2.29 bits per heavy atom. The Hall–Kier alpha value is -0.740. The van der Waals surface area contributed by atoms with Crippen molar-refractivity contribution in [2.45, 2.75) is 17.9 Å². The topological polar surface area (TPSA) is 35.2 Å². The Labute approximate surface area is 87.6 Å². The van der Waals surface area contributed by atoms with Crippen molar-refractivity contribution >= 4 is 17.4 Å². The highest BCUT2D eigenvalue weighted by atomic mass is 32.2. The first kappa shape index (κ1) is 11.3. The monoisotopic (exact) mass is 215 g/mol. The van der Waals surface area contributed by atoms with Crippen molar-refractivity contribution in [3.05, 3.63) is 24.0 Å². The molecule has 0 aliphatic heterocycles. The smallest absolute Gasteiger partial charge is 0.125 e. The van der Waals surface area contributed by atoms with E-state index in [4.69, 9.17) is 10.5 Å². The van der Waals surface area contributed by atoms with Crippen LogP contribution in [0.3, 0.4) is 0 Å². The van der Waals surface area contributed by atoms with Crippen LogP contribution >= 0.6 is 11.8 Å². The van der Waals surface area contributed by atoms with Crippen LogP contribution in [0, 0.1) is 5.82 Å². The van der Waals surface area contributed by atoms with Crippen LogP contribution in [-0.4, -0.2) is 19.0 Å². The predicted octanol–water partition coefficient (Wildman–Crippen LogP) is 2.53. The highest BCUT2D eigenvalue weighted by Gasteiger charge is 2.04. The van der Waals surface area contributed by atoms with E-state index in [1.807, 2.05) is 6.92 Å². The van der Waals surface area contributed by atoms with E-state index in [1.54, 1.807) is 24.9 Å². The first-order chi connectivity index (χ1) is 6.63. The lowest BCUT2D eigenvalue weighted by Crippen LogP contribution is -2.07. The molecule has 78 valence electrons. The van der Waals surface area contributed by atoms with Crippen molar-refractivity contribution in [1.29, 1.82) is 0 Å². The molecule has 1 atom stereocenters. The summed E-state index contributed by atoms with van der Waals surface area (Å²) >= 11 is 1.57. The van der Waals surface area contributed by atoms with Gasteiger partial charge in [-0.1, -0.05) is 0 Å². The second-order valence-electron chi connectivity index (χ2n) is 3.04. The van der Waals surface area contributed by atoms with Crippen LogP contribution in [0.5, 0.6) is 0 Å². The summed E-state index contributed by atoms with van der Waals surface area (Å²) in [6, 6.07) is 4.44. The van der Waals surface area contributed by atoms with E-state index in [-0.39, 0.29) is 11.9 Å². The number of thioether (sulfide) groups is 1. The minimum absolute atomic E-state index is 0.171. The van der Waals surface area contributed by atoms with Crippen molar-refractivity contribution in [3.63, 3.8) is 0 Å². The van der Waals surface area contributed by atoms with Crippen LogP contribution in [0.4, 0.5) is 10.1 Å². The Morgan fingerprint density at radius 1 is 1.57 bits per heavy atom. The Balaban J connectivity index is 2.59. The molecule has 1 unspecified atom stereocenters. The number of nitrogen functional groups attached to an aromatic ring is 1. The molecule has 14 heavy (non-hydrogen) atoms. The van der Waals surface area contributed by atoms with E-state index in [0.717, 1.165) is 10.6 Å². The molecule has 0 radical (unpaired) electrons. The average molecular weight is 215 g/mol. The highest BCUT2D eigenvalue weighted by Crippen LogP contribution is 2.26. The molecule has 4 heteroatoms. The second-order valence-corrected chi connectivity index (χ2v) is 4.10. The van der Waals surface area contributed by atoms with Gasteiger partial charge in [0.05, 0.1) is 6.10 Å². The molecule has 0 fully saturated rings. The van der Waals surface area contributed by atoms with Gasteiger partial charge in [-0.25, -0.2) is 4.39 Å². The van der Waals surface area contributed by atoms with Gasteiger partial charge in [0, 0.05) is 23.4 Å². The molecule has 1 aromatic rings. The minimum atomic E-state index is -0.299. The highest BCUT2D eigenvalue weighted by molar-refractivity contribution is 7.99. The summed E-state index contributed by atoms with van der Waals surface area (Å²) in [5, 5.41) is 0. The number of hydrogen-bond acceptors (Lipinski definition) is 3. The first-order valence-corrected chi connectivity index (χ1v) is 5.32. The molecule has 0 amide bonds. The summed E-state index contributed by atoms with van der Waals surface area (Å²) in [5.74, 6) is 0.512. The third kappa shape index (κ3) is 3.20. The van der Waals surface area contributed by atoms with Crippen LogP contribution in [0.2, 0.25) is 0 Å². The fourth-order valence-electron chi connectivity index (χ4n) is 0.926.